The van der Waals surface area contributed by atoms with E-state index in [1.165, 1.54) is 49.5 Å². The van der Waals surface area contributed by atoms with Gasteiger partial charge in [0, 0.05) is 44.4 Å². The van der Waals surface area contributed by atoms with Crippen LogP contribution in [0.5, 0.6) is 0 Å². The highest BCUT2D eigenvalue weighted by Crippen LogP contribution is 2.53. The SMILES string of the molecule is C1=CC2c3ccc4c(c3N(c3ccccc3)C2C=C1)c1ccccc1n4-c1cccc(-c2cccc(-n3c4ccccc4c4ccccc43)n2)c1. The summed E-state index contributed by atoms with van der Waals surface area (Å²) in [6.45, 7) is 0. The molecule has 0 fully saturated rings. The van der Waals surface area contributed by atoms with Crippen LogP contribution in [0.4, 0.5) is 11.4 Å². The predicted octanol–water partition coefficient (Wildman–Crippen LogP) is 11.7. The van der Waals surface area contributed by atoms with Crippen molar-refractivity contribution < 1.29 is 0 Å². The molecular weight excluding hydrogens is 621 g/mol. The molecule has 0 bridgehead atoms. The summed E-state index contributed by atoms with van der Waals surface area (Å²) in [5.41, 5.74) is 11.7. The first-order valence-electron chi connectivity index (χ1n) is 17.7. The van der Waals surface area contributed by atoms with Gasteiger partial charge in [-0.2, -0.15) is 0 Å². The van der Waals surface area contributed by atoms with Crippen LogP contribution in [0, 0.1) is 0 Å². The van der Waals surface area contributed by atoms with Gasteiger partial charge in [0.1, 0.15) is 5.82 Å². The Morgan fingerprint density at radius 3 is 1.90 bits per heavy atom. The lowest BCUT2D eigenvalue weighted by Crippen LogP contribution is -2.28. The average molecular weight is 653 g/mol. The first kappa shape index (κ1) is 28.2. The van der Waals surface area contributed by atoms with E-state index in [4.69, 9.17) is 4.98 Å². The lowest BCUT2D eigenvalue weighted by atomic mass is 9.91. The number of para-hydroxylation sites is 4. The number of anilines is 2. The number of fused-ring (bicyclic) bond motifs is 10. The van der Waals surface area contributed by atoms with Gasteiger partial charge in [0.05, 0.1) is 39.5 Å². The Morgan fingerprint density at radius 1 is 0.471 bits per heavy atom. The molecule has 0 saturated carbocycles. The van der Waals surface area contributed by atoms with Crippen LogP contribution in [0.25, 0.3) is 66.4 Å². The maximum atomic E-state index is 5.30. The summed E-state index contributed by atoms with van der Waals surface area (Å²) >= 11 is 0. The van der Waals surface area contributed by atoms with E-state index in [2.05, 4.69) is 196 Å². The van der Waals surface area contributed by atoms with Gasteiger partial charge in [0.15, 0.2) is 0 Å². The van der Waals surface area contributed by atoms with Crippen molar-refractivity contribution in [3.63, 3.8) is 0 Å². The molecule has 2 atom stereocenters. The molecule has 4 nitrogen and oxygen atoms in total. The van der Waals surface area contributed by atoms with Gasteiger partial charge in [-0.25, -0.2) is 4.98 Å². The van der Waals surface area contributed by atoms with Crippen molar-refractivity contribution in [3.8, 4) is 22.8 Å². The van der Waals surface area contributed by atoms with Gasteiger partial charge in [-0.1, -0.05) is 121 Å². The number of pyridine rings is 1. The van der Waals surface area contributed by atoms with Crippen molar-refractivity contribution in [1.29, 1.82) is 0 Å². The monoisotopic (exact) mass is 652 g/mol. The van der Waals surface area contributed by atoms with Crippen molar-refractivity contribution in [2.24, 2.45) is 0 Å². The zero-order valence-electron chi connectivity index (χ0n) is 27.8. The zero-order chi connectivity index (χ0) is 33.5. The fourth-order valence-electron chi connectivity index (χ4n) is 8.72. The quantitative estimate of drug-likeness (QED) is 0.189. The molecule has 1 aliphatic carbocycles. The summed E-state index contributed by atoms with van der Waals surface area (Å²) in [5.74, 6) is 1.21. The highest BCUT2D eigenvalue weighted by molar-refractivity contribution is 6.17. The molecular formula is C47H32N4. The highest BCUT2D eigenvalue weighted by atomic mass is 15.2. The van der Waals surface area contributed by atoms with Crippen molar-refractivity contribution in [1.82, 2.24) is 14.1 Å². The van der Waals surface area contributed by atoms with Crippen LogP contribution in [0.1, 0.15) is 11.5 Å². The molecule has 240 valence electrons. The van der Waals surface area contributed by atoms with Gasteiger partial charge < -0.3 is 9.47 Å². The predicted molar refractivity (Wildman–Crippen MR) is 212 cm³/mol. The molecule has 4 heteroatoms. The molecule has 0 amide bonds. The van der Waals surface area contributed by atoms with Crippen molar-refractivity contribution in [2.45, 2.75) is 12.0 Å². The second-order valence-corrected chi connectivity index (χ2v) is 13.5. The minimum atomic E-state index is 0.233. The van der Waals surface area contributed by atoms with Crippen LogP contribution in [-0.2, 0) is 0 Å². The smallest absolute Gasteiger partial charge is 0.138 e. The van der Waals surface area contributed by atoms with Crippen molar-refractivity contribution >= 4 is 55.0 Å². The Morgan fingerprint density at radius 2 is 1.12 bits per heavy atom. The maximum Gasteiger partial charge on any atom is 0.138 e. The summed E-state index contributed by atoms with van der Waals surface area (Å²) in [5, 5.41) is 5.02. The third-order valence-corrected chi connectivity index (χ3v) is 10.8. The van der Waals surface area contributed by atoms with Gasteiger partial charge in [0.2, 0.25) is 0 Å². The third-order valence-electron chi connectivity index (χ3n) is 10.8. The van der Waals surface area contributed by atoms with Crippen LogP contribution >= 0.6 is 0 Å². The number of hydrogen-bond donors (Lipinski definition) is 0. The Balaban J connectivity index is 1.10. The first-order valence-corrected chi connectivity index (χ1v) is 17.7. The summed E-state index contributed by atoms with van der Waals surface area (Å²) in [6, 6.07) is 57.0. The van der Waals surface area contributed by atoms with Crippen molar-refractivity contribution in [2.75, 3.05) is 4.90 Å². The molecule has 3 aromatic heterocycles. The lowest BCUT2D eigenvalue weighted by Gasteiger charge is -2.29. The van der Waals surface area contributed by atoms with Gasteiger partial charge in [0.25, 0.3) is 0 Å². The standard InChI is InChI=1S/C47H32N4/c1-2-15-32(16-3-1)50-40-23-8-6-20-36(40)37-28-29-44-46(47(37)50)38-21-7-11-26-43(38)49(44)33-17-12-14-31(30-33)39-22-13-27-45(48-39)51-41-24-9-4-18-34(41)35-19-5-10-25-42(35)51/h1-30,36,40H. The highest BCUT2D eigenvalue weighted by Gasteiger charge is 2.39. The lowest BCUT2D eigenvalue weighted by molar-refractivity contribution is 0.745. The molecule has 2 unspecified atom stereocenters. The summed E-state index contributed by atoms with van der Waals surface area (Å²) in [4.78, 5) is 7.85. The topological polar surface area (TPSA) is 26.0 Å². The van der Waals surface area contributed by atoms with E-state index in [0.29, 0.717) is 5.92 Å². The molecule has 1 aliphatic heterocycles. The number of hydrogen-bond acceptors (Lipinski definition) is 2. The Bertz CT molecular complexity index is 2840. The van der Waals surface area contributed by atoms with Gasteiger partial charge in [-0.05, 0) is 66.2 Å². The molecule has 6 aromatic carbocycles. The molecule has 0 saturated heterocycles. The van der Waals surface area contributed by atoms with Crippen LogP contribution in [0.3, 0.4) is 0 Å². The summed E-state index contributed by atoms with van der Waals surface area (Å²) < 4.78 is 4.72. The second kappa shape index (κ2) is 10.9. The number of benzene rings is 6. The molecule has 0 N–H and O–H groups in total. The second-order valence-electron chi connectivity index (χ2n) is 13.5. The Kier molecular flexibility index (Phi) is 6.05. The summed E-state index contributed by atoms with van der Waals surface area (Å²) in [7, 11) is 0. The summed E-state index contributed by atoms with van der Waals surface area (Å²) in [6.07, 6.45) is 9.11. The Hall–Kier alpha value is -6.65. The zero-order valence-corrected chi connectivity index (χ0v) is 27.8. The van der Waals surface area contributed by atoms with E-state index < -0.39 is 0 Å². The van der Waals surface area contributed by atoms with Crippen LogP contribution < -0.4 is 4.90 Å². The van der Waals surface area contributed by atoms with Gasteiger partial charge in [-0.15, -0.1) is 0 Å². The molecule has 4 heterocycles. The number of aromatic nitrogens is 3. The van der Waals surface area contributed by atoms with E-state index in [-0.39, 0.29) is 6.04 Å². The van der Waals surface area contributed by atoms with E-state index in [1.54, 1.807) is 0 Å². The molecule has 0 spiro atoms. The normalized spacial score (nSPS) is 16.4. The number of allylic oxidation sites excluding steroid dienone is 2. The van der Waals surface area contributed by atoms with E-state index in [9.17, 15) is 0 Å². The molecule has 2 aliphatic rings. The minimum absolute atomic E-state index is 0.233. The fraction of sp³-hybridized carbons (Fsp3) is 0.0426. The van der Waals surface area contributed by atoms with Crippen LogP contribution in [0.15, 0.2) is 182 Å². The molecule has 11 rings (SSSR count). The minimum Gasteiger partial charge on any atom is -0.333 e. The Labute approximate surface area is 295 Å². The first-order chi connectivity index (χ1) is 25.3. The largest absolute Gasteiger partial charge is 0.333 e. The van der Waals surface area contributed by atoms with Gasteiger partial charge in [-0.3, -0.25) is 4.57 Å². The van der Waals surface area contributed by atoms with Crippen LogP contribution in [0.2, 0.25) is 0 Å². The average Bonchev–Trinajstić information content (AvgIpc) is 3.84. The maximum absolute atomic E-state index is 5.30. The van der Waals surface area contributed by atoms with Crippen molar-refractivity contribution in [3.05, 3.63) is 188 Å². The van der Waals surface area contributed by atoms with E-state index in [0.717, 1.165) is 33.8 Å². The van der Waals surface area contributed by atoms with E-state index in [1.807, 2.05) is 0 Å². The molecule has 51 heavy (non-hydrogen) atoms. The molecule has 9 aromatic rings. The molecule has 0 radical (unpaired) electrons. The third kappa shape index (κ3) is 4.11. The fourth-order valence-corrected chi connectivity index (χ4v) is 8.72. The number of nitrogens with zero attached hydrogens (tertiary/aromatic N) is 4. The van der Waals surface area contributed by atoms with E-state index >= 15 is 0 Å². The number of rotatable bonds is 4. The van der Waals surface area contributed by atoms with Gasteiger partial charge >= 0.3 is 0 Å². The van der Waals surface area contributed by atoms with Crippen LogP contribution in [-0.4, -0.2) is 20.2 Å².